The lowest BCUT2D eigenvalue weighted by atomic mass is 10.2. The predicted octanol–water partition coefficient (Wildman–Crippen LogP) is 1.89. The van der Waals surface area contributed by atoms with E-state index in [1.54, 1.807) is 19.9 Å². The largest absolute Gasteiger partial charge is 0.397 e. The first-order chi connectivity index (χ1) is 8.84. The van der Waals surface area contributed by atoms with Gasteiger partial charge < -0.3 is 10.5 Å². The van der Waals surface area contributed by atoms with Crippen LogP contribution in [0.15, 0.2) is 17.0 Å². The lowest BCUT2D eigenvalue weighted by Gasteiger charge is -2.21. The molecule has 1 aromatic carbocycles. The molecule has 0 fully saturated rings. The van der Waals surface area contributed by atoms with Gasteiger partial charge in [-0.05, 0) is 24.6 Å². The smallest absolute Gasteiger partial charge is 0.243 e. The monoisotopic (exact) mass is 306 g/mol. The summed E-state index contributed by atoms with van der Waals surface area (Å²) in [7, 11) is -2.04. The van der Waals surface area contributed by atoms with Gasteiger partial charge in [-0.25, -0.2) is 8.42 Å². The second kappa shape index (κ2) is 6.56. The molecule has 0 atom stereocenters. The number of aryl methyl sites for hydroxylation is 1. The number of hydrogen-bond acceptors (Lipinski definition) is 4. The van der Waals surface area contributed by atoms with E-state index in [4.69, 9.17) is 22.1 Å². The minimum atomic E-state index is -3.58. The minimum absolute atomic E-state index is 0.187. The summed E-state index contributed by atoms with van der Waals surface area (Å²) in [5, 5.41) is 0.358. The molecule has 2 N–H and O–H groups in total. The number of rotatable bonds is 6. The van der Waals surface area contributed by atoms with Gasteiger partial charge in [-0.3, -0.25) is 0 Å². The summed E-state index contributed by atoms with van der Waals surface area (Å²) in [4.78, 5) is 0.187. The van der Waals surface area contributed by atoms with E-state index in [-0.39, 0.29) is 10.6 Å². The van der Waals surface area contributed by atoms with Crippen molar-refractivity contribution >= 4 is 27.3 Å². The predicted molar refractivity (Wildman–Crippen MR) is 76.9 cm³/mol. The number of nitrogen functional groups attached to an aromatic ring is 1. The van der Waals surface area contributed by atoms with Crippen LogP contribution in [0.5, 0.6) is 0 Å². The molecule has 1 aromatic rings. The summed E-state index contributed by atoms with van der Waals surface area (Å²) >= 11 is 5.88. The lowest BCUT2D eigenvalue weighted by Crippen LogP contribution is -2.34. The Kier molecular flexibility index (Phi) is 5.61. The average molecular weight is 307 g/mol. The zero-order chi connectivity index (χ0) is 14.6. The van der Waals surface area contributed by atoms with Crippen molar-refractivity contribution < 1.29 is 13.2 Å². The molecule has 0 aliphatic carbocycles. The molecule has 0 aromatic heterocycles. The van der Waals surface area contributed by atoms with Crippen LogP contribution < -0.4 is 5.73 Å². The molecule has 0 heterocycles. The number of nitrogens with two attached hydrogens (primary N) is 1. The van der Waals surface area contributed by atoms with Gasteiger partial charge in [0, 0.05) is 20.2 Å². The van der Waals surface area contributed by atoms with Crippen molar-refractivity contribution in [1.29, 1.82) is 0 Å². The van der Waals surface area contributed by atoms with Crippen molar-refractivity contribution in [2.45, 2.75) is 18.7 Å². The second-order valence-electron chi connectivity index (χ2n) is 4.13. The molecule has 0 saturated heterocycles. The molecule has 1 rings (SSSR count). The summed E-state index contributed by atoms with van der Waals surface area (Å²) in [5.41, 5.74) is 6.53. The highest BCUT2D eigenvalue weighted by atomic mass is 35.5. The summed E-state index contributed by atoms with van der Waals surface area (Å²) in [6.07, 6.45) is 0. The van der Waals surface area contributed by atoms with E-state index in [2.05, 4.69) is 0 Å². The molecule has 5 nitrogen and oxygen atoms in total. The van der Waals surface area contributed by atoms with Gasteiger partial charge in [0.05, 0.1) is 22.2 Å². The van der Waals surface area contributed by atoms with E-state index < -0.39 is 10.0 Å². The Morgan fingerprint density at radius 2 is 2.05 bits per heavy atom. The van der Waals surface area contributed by atoms with Gasteiger partial charge in [0.15, 0.2) is 0 Å². The summed E-state index contributed by atoms with van der Waals surface area (Å²) in [5.74, 6) is 0. The molecule has 7 heteroatoms. The Bertz CT molecular complexity index is 546. The fourth-order valence-electron chi connectivity index (χ4n) is 1.73. The highest BCUT2D eigenvalue weighted by molar-refractivity contribution is 7.89. The van der Waals surface area contributed by atoms with Crippen LogP contribution in [-0.4, -0.2) is 39.5 Å². The Morgan fingerprint density at radius 3 is 2.58 bits per heavy atom. The second-order valence-corrected chi connectivity index (χ2v) is 6.44. The van der Waals surface area contributed by atoms with Crippen LogP contribution in [0.25, 0.3) is 0 Å². The first-order valence-corrected chi connectivity index (χ1v) is 7.71. The number of hydrogen-bond donors (Lipinski definition) is 1. The van der Waals surface area contributed by atoms with Crippen molar-refractivity contribution in [3.05, 3.63) is 22.7 Å². The molecule has 0 amide bonds. The zero-order valence-corrected chi connectivity index (χ0v) is 12.9. The molecule has 0 saturated carbocycles. The Labute approximate surface area is 119 Å². The van der Waals surface area contributed by atoms with Crippen molar-refractivity contribution in [3.63, 3.8) is 0 Å². The van der Waals surface area contributed by atoms with Crippen LogP contribution in [0.2, 0.25) is 5.02 Å². The van der Waals surface area contributed by atoms with Gasteiger partial charge in [-0.15, -0.1) is 0 Å². The molecule has 0 unspecified atom stereocenters. The summed E-state index contributed by atoms with van der Waals surface area (Å²) < 4.78 is 31.3. The minimum Gasteiger partial charge on any atom is -0.397 e. The van der Waals surface area contributed by atoms with Gasteiger partial charge >= 0.3 is 0 Å². The Morgan fingerprint density at radius 1 is 1.42 bits per heavy atom. The van der Waals surface area contributed by atoms with Crippen LogP contribution in [0.3, 0.4) is 0 Å². The summed E-state index contributed by atoms with van der Waals surface area (Å²) in [6.45, 7) is 4.49. The van der Waals surface area contributed by atoms with Gasteiger partial charge in [0.25, 0.3) is 0 Å². The van der Waals surface area contributed by atoms with Crippen molar-refractivity contribution in [1.82, 2.24) is 4.31 Å². The van der Waals surface area contributed by atoms with Gasteiger partial charge in [-0.2, -0.15) is 4.31 Å². The number of nitrogens with zero attached hydrogens (tertiary/aromatic N) is 1. The number of benzene rings is 1. The highest BCUT2D eigenvalue weighted by Crippen LogP contribution is 2.28. The van der Waals surface area contributed by atoms with Crippen LogP contribution in [0, 0.1) is 6.92 Å². The molecule has 0 aliphatic rings. The molecular formula is C12H19ClN2O3S. The number of halogens is 1. The Hall–Kier alpha value is -0.820. The Balaban J connectivity index is 3.22. The van der Waals surface area contributed by atoms with Crippen molar-refractivity contribution in [2.75, 3.05) is 32.5 Å². The number of ether oxygens (including phenoxy) is 1. The molecule has 0 spiro atoms. The third-order valence-corrected chi connectivity index (χ3v) is 5.25. The normalized spacial score (nSPS) is 12.1. The van der Waals surface area contributed by atoms with Gasteiger partial charge in [-0.1, -0.05) is 18.5 Å². The van der Waals surface area contributed by atoms with Crippen LogP contribution >= 0.6 is 11.6 Å². The maximum absolute atomic E-state index is 12.5. The maximum atomic E-state index is 12.5. The van der Waals surface area contributed by atoms with Crippen LogP contribution in [0.4, 0.5) is 5.69 Å². The topological polar surface area (TPSA) is 72.6 Å². The van der Waals surface area contributed by atoms with E-state index in [0.29, 0.717) is 30.3 Å². The number of sulfonamides is 1. The van der Waals surface area contributed by atoms with Crippen LogP contribution in [-0.2, 0) is 14.8 Å². The van der Waals surface area contributed by atoms with Crippen LogP contribution in [0.1, 0.15) is 12.5 Å². The third-order valence-electron chi connectivity index (χ3n) is 2.81. The third kappa shape index (κ3) is 3.60. The SMILES string of the molecule is CCN(CCOC)S(=O)(=O)c1cc(N)c(Cl)cc1C. The van der Waals surface area contributed by atoms with E-state index >= 15 is 0 Å². The molecular weight excluding hydrogens is 288 g/mol. The molecule has 0 radical (unpaired) electrons. The maximum Gasteiger partial charge on any atom is 0.243 e. The zero-order valence-electron chi connectivity index (χ0n) is 11.3. The van der Waals surface area contributed by atoms with E-state index in [9.17, 15) is 8.42 Å². The molecule has 108 valence electrons. The standard InChI is InChI=1S/C12H19ClN2O3S/c1-4-15(5-6-18-3)19(16,17)12-8-11(14)10(13)7-9(12)2/h7-8H,4-6,14H2,1-3H3. The van der Waals surface area contributed by atoms with E-state index in [1.165, 1.54) is 17.5 Å². The quantitative estimate of drug-likeness (QED) is 0.815. The van der Waals surface area contributed by atoms with Gasteiger partial charge in [0.1, 0.15) is 0 Å². The molecule has 0 bridgehead atoms. The van der Waals surface area contributed by atoms with E-state index in [1.807, 2.05) is 0 Å². The van der Waals surface area contributed by atoms with E-state index in [0.717, 1.165) is 0 Å². The highest BCUT2D eigenvalue weighted by Gasteiger charge is 2.25. The number of methoxy groups -OCH3 is 1. The fraction of sp³-hybridized carbons (Fsp3) is 0.500. The first-order valence-electron chi connectivity index (χ1n) is 5.89. The average Bonchev–Trinajstić information content (AvgIpc) is 2.34. The fourth-order valence-corrected chi connectivity index (χ4v) is 3.62. The van der Waals surface area contributed by atoms with Crippen molar-refractivity contribution in [3.8, 4) is 0 Å². The van der Waals surface area contributed by atoms with Crippen molar-refractivity contribution in [2.24, 2.45) is 0 Å². The molecule has 19 heavy (non-hydrogen) atoms. The lowest BCUT2D eigenvalue weighted by molar-refractivity contribution is 0.180. The number of anilines is 1. The molecule has 0 aliphatic heterocycles. The first kappa shape index (κ1) is 16.2. The number of likely N-dealkylation sites (N-methyl/N-ethyl adjacent to an activating group) is 1. The summed E-state index contributed by atoms with van der Waals surface area (Å²) in [6, 6.07) is 2.97. The van der Waals surface area contributed by atoms with Gasteiger partial charge in [0.2, 0.25) is 10.0 Å².